The fourth-order valence-corrected chi connectivity index (χ4v) is 2.75. The van der Waals surface area contributed by atoms with Crippen LogP contribution in [0.4, 0.5) is 5.69 Å². The van der Waals surface area contributed by atoms with E-state index in [9.17, 15) is 10.1 Å². The zero-order valence-corrected chi connectivity index (χ0v) is 12.0. The van der Waals surface area contributed by atoms with Crippen LogP contribution in [0.25, 0.3) is 0 Å². The van der Waals surface area contributed by atoms with Gasteiger partial charge in [-0.05, 0) is 24.4 Å². The summed E-state index contributed by atoms with van der Waals surface area (Å²) in [5.41, 5.74) is 1.21. The molecule has 0 saturated heterocycles. The minimum Gasteiger partial charge on any atom is -0.258 e. The minimum atomic E-state index is -0.367. The number of hydrogen-bond donors (Lipinski definition) is 0. The van der Waals surface area contributed by atoms with Crippen molar-refractivity contribution in [2.75, 3.05) is 0 Å². The number of nitro groups is 1. The van der Waals surface area contributed by atoms with Gasteiger partial charge in [-0.2, -0.15) is 5.10 Å². The largest absolute Gasteiger partial charge is 0.313 e. The van der Waals surface area contributed by atoms with Crippen molar-refractivity contribution in [2.24, 2.45) is 0 Å². The van der Waals surface area contributed by atoms with Gasteiger partial charge in [0.25, 0.3) is 0 Å². The van der Waals surface area contributed by atoms with Gasteiger partial charge in [-0.15, -0.1) is 10.2 Å². The van der Waals surface area contributed by atoms with E-state index in [1.54, 1.807) is 4.68 Å². The first kappa shape index (κ1) is 13.9. The molecule has 9 heteroatoms. The second kappa shape index (κ2) is 5.62. The summed E-state index contributed by atoms with van der Waals surface area (Å²) in [5.74, 6) is 0. The zero-order chi connectivity index (χ0) is 14.0. The predicted molar refractivity (Wildman–Crippen MR) is 71.7 cm³/mol. The number of aromatic nitrogens is 4. The maximum Gasteiger partial charge on any atom is 0.313 e. The topological polar surface area (TPSA) is 86.7 Å². The van der Waals surface area contributed by atoms with E-state index in [0.29, 0.717) is 40.2 Å². The van der Waals surface area contributed by atoms with E-state index in [2.05, 4.69) is 15.3 Å². The summed E-state index contributed by atoms with van der Waals surface area (Å²) in [6, 6.07) is 0. The Morgan fingerprint density at radius 1 is 1.37 bits per heavy atom. The maximum atomic E-state index is 11.1. The van der Waals surface area contributed by atoms with E-state index >= 15 is 0 Å². The van der Waals surface area contributed by atoms with Crippen LogP contribution in [0.1, 0.15) is 30.2 Å². The van der Waals surface area contributed by atoms with E-state index in [1.165, 1.54) is 11.3 Å². The Morgan fingerprint density at radius 3 is 2.58 bits per heavy atom. The van der Waals surface area contributed by atoms with Gasteiger partial charge in [0.2, 0.25) is 4.47 Å². The quantitative estimate of drug-likeness (QED) is 0.625. The molecule has 19 heavy (non-hydrogen) atoms. The van der Waals surface area contributed by atoms with Gasteiger partial charge < -0.3 is 0 Å². The molecule has 0 radical (unpaired) electrons. The molecule has 0 aliphatic heterocycles. The van der Waals surface area contributed by atoms with E-state index < -0.39 is 0 Å². The second-order valence-corrected chi connectivity index (χ2v) is 5.46. The Kier molecular flexibility index (Phi) is 4.11. The Bertz CT molecular complexity index is 609. The monoisotopic (exact) mass is 301 g/mol. The van der Waals surface area contributed by atoms with Crippen LogP contribution in [0.5, 0.6) is 0 Å². The van der Waals surface area contributed by atoms with Crippen LogP contribution in [0.15, 0.2) is 0 Å². The lowest BCUT2D eigenvalue weighted by atomic mass is 10.2. The van der Waals surface area contributed by atoms with Gasteiger partial charge in [0.05, 0.1) is 11.5 Å². The summed E-state index contributed by atoms with van der Waals surface area (Å²) < 4.78 is 1.97. The molecule has 0 bridgehead atoms. The van der Waals surface area contributed by atoms with E-state index in [1.807, 2.05) is 13.8 Å². The van der Waals surface area contributed by atoms with Crippen molar-refractivity contribution in [2.45, 2.75) is 33.2 Å². The fraction of sp³-hybridized carbons (Fsp3) is 0.500. The van der Waals surface area contributed by atoms with Crippen LogP contribution in [0.3, 0.4) is 0 Å². The van der Waals surface area contributed by atoms with Gasteiger partial charge in [0.1, 0.15) is 16.4 Å². The van der Waals surface area contributed by atoms with Crippen LogP contribution in [-0.2, 0) is 19.4 Å². The molecule has 0 atom stereocenters. The lowest BCUT2D eigenvalue weighted by Gasteiger charge is -2.01. The molecule has 0 aromatic carbocycles. The van der Waals surface area contributed by atoms with Crippen molar-refractivity contribution in [3.63, 3.8) is 0 Å². The molecular weight excluding hydrogens is 290 g/mol. The summed E-state index contributed by atoms with van der Waals surface area (Å²) in [4.78, 5) is 10.8. The number of hydrogen-bond acceptors (Lipinski definition) is 6. The Balaban J connectivity index is 2.42. The molecule has 0 saturated carbocycles. The summed E-state index contributed by atoms with van der Waals surface area (Å²) in [6.07, 6.45) is 1.06. The fourth-order valence-electron chi connectivity index (χ4n) is 1.90. The molecule has 7 nitrogen and oxygen atoms in total. The summed E-state index contributed by atoms with van der Waals surface area (Å²) in [6.45, 7) is 4.07. The molecule has 102 valence electrons. The summed E-state index contributed by atoms with van der Waals surface area (Å²) in [7, 11) is 0. The predicted octanol–water partition coefficient (Wildman–Crippen LogP) is 2.47. The number of aryl methyl sites for hydroxylation is 1. The van der Waals surface area contributed by atoms with Crippen LogP contribution in [-0.4, -0.2) is 24.9 Å². The van der Waals surface area contributed by atoms with Crippen LogP contribution >= 0.6 is 22.9 Å². The zero-order valence-electron chi connectivity index (χ0n) is 10.5. The summed E-state index contributed by atoms with van der Waals surface area (Å²) >= 11 is 6.97. The van der Waals surface area contributed by atoms with Gasteiger partial charge in [-0.25, -0.2) is 0 Å². The molecule has 0 aliphatic rings. The first-order valence-electron chi connectivity index (χ1n) is 5.77. The highest BCUT2D eigenvalue weighted by Crippen LogP contribution is 2.26. The van der Waals surface area contributed by atoms with Gasteiger partial charge in [0.15, 0.2) is 0 Å². The standard InChI is InChI=1S/C10H12ClN5O2S/c1-3-6-9(16(17)18)7(4-2)15(14-6)5-8-12-13-10(11)19-8/h3-5H2,1-2H3. The average molecular weight is 302 g/mol. The number of halogens is 1. The van der Waals surface area contributed by atoms with Crippen molar-refractivity contribution in [3.05, 3.63) is 31.0 Å². The molecule has 0 amide bonds. The highest BCUT2D eigenvalue weighted by atomic mass is 35.5. The van der Waals surface area contributed by atoms with Crippen molar-refractivity contribution >= 4 is 28.6 Å². The SMILES string of the molecule is CCc1nn(Cc2nnc(Cl)s2)c(CC)c1[N+](=O)[O-]. The van der Waals surface area contributed by atoms with E-state index in [0.717, 1.165) is 0 Å². The second-order valence-electron chi connectivity index (χ2n) is 3.81. The molecule has 0 fully saturated rings. The molecular formula is C10H12ClN5O2S. The van der Waals surface area contributed by atoms with E-state index in [4.69, 9.17) is 11.6 Å². The highest BCUT2D eigenvalue weighted by Gasteiger charge is 2.25. The van der Waals surface area contributed by atoms with Gasteiger partial charge in [0, 0.05) is 0 Å². The summed E-state index contributed by atoms with van der Waals surface area (Å²) in [5, 5.41) is 23.7. The molecule has 0 aliphatic carbocycles. The number of nitrogens with zero attached hydrogens (tertiary/aromatic N) is 5. The van der Waals surface area contributed by atoms with Crippen molar-refractivity contribution in [1.29, 1.82) is 0 Å². The molecule has 2 heterocycles. The highest BCUT2D eigenvalue weighted by molar-refractivity contribution is 7.15. The average Bonchev–Trinajstić information content (AvgIpc) is 2.93. The molecule has 0 N–H and O–H groups in total. The Hall–Kier alpha value is -1.54. The molecule has 0 unspecified atom stereocenters. The Morgan fingerprint density at radius 2 is 2.11 bits per heavy atom. The van der Waals surface area contributed by atoms with Crippen LogP contribution < -0.4 is 0 Å². The normalized spacial score (nSPS) is 10.9. The third kappa shape index (κ3) is 2.74. The van der Waals surface area contributed by atoms with Crippen LogP contribution in [0, 0.1) is 10.1 Å². The molecule has 0 spiro atoms. The van der Waals surface area contributed by atoms with Gasteiger partial charge >= 0.3 is 5.69 Å². The molecule has 2 aromatic rings. The van der Waals surface area contributed by atoms with Crippen molar-refractivity contribution in [3.8, 4) is 0 Å². The van der Waals surface area contributed by atoms with Gasteiger partial charge in [-0.1, -0.05) is 25.2 Å². The van der Waals surface area contributed by atoms with Gasteiger partial charge in [-0.3, -0.25) is 14.8 Å². The third-order valence-electron chi connectivity index (χ3n) is 2.68. The number of rotatable bonds is 5. The minimum absolute atomic E-state index is 0.112. The Labute approximate surface area is 118 Å². The lowest BCUT2D eigenvalue weighted by molar-refractivity contribution is -0.386. The maximum absolute atomic E-state index is 11.1. The van der Waals surface area contributed by atoms with Crippen molar-refractivity contribution < 1.29 is 4.92 Å². The molecule has 2 aromatic heterocycles. The van der Waals surface area contributed by atoms with E-state index in [-0.39, 0.29) is 10.6 Å². The van der Waals surface area contributed by atoms with Crippen molar-refractivity contribution in [1.82, 2.24) is 20.0 Å². The lowest BCUT2D eigenvalue weighted by Crippen LogP contribution is -2.06. The smallest absolute Gasteiger partial charge is 0.258 e. The third-order valence-corrected chi connectivity index (χ3v) is 3.68. The first-order valence-corrected chi connectivity index (χ1v) is 6.97. The first-order chi connectivity index (χ1) is 9.06. The van der Waals surface area contributed by atoms with Crippen LogP contribution in [0.2, 0.25) is 4.47 Å². The molecule has 2 rings (SSSR count).